The lowest BCUT2D eigenvalue weighted by Gasteiger charge is -2.31. The van der Waals surface area contributed by atoms with Crippen molar-refractivity contribution in [3.8, 4) is 0 Å². The zero-order valence-corrected chi connectivity index (χ0v) is 13.1. The van der Waals surface area contributed by atoms with Gasteiger partial charge in [-0.1, -0.05) is 39.0 Å². The van der Waals surface area contributed by atoms with E-state index in [1.54, 1.807) is 24.4 Å². The summed E-state index contributed by atoms with van der Waals surface area (Å²) in [5.41, 5.74) is 0.978. The van der Waals surface area contributed by atoms with Crippen LogP contribution in [0.15, 0.2) is 36.0 Å². The number of hydrogen-bond donors (Lipinski definition) is 1. The average Bonchev–Trinajstić information content (AvgIpc) is 2.78. The molecule has 116 valence electrons. The van der Waals surface area contributed by atoms with E-state index in [2.05, 4.69) is 19.2 Å². The first-order chi connectivity index (χ1) is 10.3. The normalized spacial score (nSPS) is 30.8. The average molecular weight is 298 g/mol. The van der Waals surface area contributed by atoms with Crippen molar-refractivity contribution in [2.45, 2.75) is 33.6 Å². The molecule has 0 saturated heterocycles. The Morgan fingerprint density at radius 3 is 2.59 bits per heavy atom. The van der Waals surface area contributed by atoms with Crippen LogP contribution in [0.4, 0.5) is 5.69 Å². The monoisotopic (exact) mass is 298 g/mol. The molecule has 2 fully saturated rings. The van der Waals surface area contributed by atoms with Crippen molar-refractivity contribution < 1.29 is 14.7 Å². The molecule has 2 aliphatic carbocycles. The SMILES string of the molecule is CC1(C)[C@H]2CC[C@@]1(C)C(=O)C2=CNc1ccccc1C(=O)[O-]. The van der Waals surface area contributed by atoms with E-state index >= 15 is 0 Å². The number of hydrogen-bond acceptors (Lipinski definition) is 4. The maximum Gasteiger partial charge on any atom is 0.167 e. The first-order valence-corrected chi connectivity index (χ1v) is 7.61. The van der Waals surface area contributed by atoms with Crippen molar-refractivity contribution in [2.24, 2.45) is 16.7 Å². The van der Waals surface area contributed by atoms with Crippen molar-refractivity contribution >= 4 is 17.4 Å². The summed E-state index contributed by atoms with van der Waals surface area (Å²) in [6, 6.07) is 6.56. The summed E-state index contributed by atoms with van der Waals surface area (Å²) >= 11 is 0. The van der Waals surface area contributed by atoms with E-state index in [1.807, 2.05) is 6.92 Å². The zero-order valence-electron chi connectivity index (χ0n) is 13.1. The molecule has 1 aromatic carbocycles. The summed E-state index contributed by atoms with van der Waals surface area (Å²) in [7, 11) is 0. The smallest absolute Gasteiger partial charge is 0.167 e. The number of ketones is 1. The summed E-state index contributed by atoms with van der Waals surface area (Å²) in [5, 5.41) is 14.1. The lowest BCUT2D eigenvalue weighted by molar-refractivity contribution is -0.254. The van der Waals surface area contributed by atoms with Gasteiger partial charge in [-0.25, -0.2) is 0 Å². The summed E-state index contributed by atoms with van der Waals surface area (Å²) in [5.74, 6) is -0.812. The van der Waals surface area contributed by atoms with Crippen LogP contribution in [0.3, 0.4) is 0 Å². The molecule has 0 aromatic heterocycles. The van der Waals surface area contributed by atoms with Gasteiger partial charge in [-0.15, -0.1) is 0 Å². The third kappa shape index (κ3) is 1.83. The first-order valence-electron chi connectivity index (χ1n) is 7.61. The second-order valence-corrected chi connectivity index (χ2v) is 7.05. The number of aromatic carboxylic acids is 1. The standard InChI is InChI=1S/C18H21NO3/c1-17(2)13-8-9-18(17,3)15(20)12(13)10-19-14-7-5-4-6-11(14)16(21)22/h4-7,10,13,19H,8-9H2,1-3H3,(H,21,22)/p-1/t13-,18-/m0/s1. The van der Waals surface area contributed by atoms with Crippen LogP contribution in [0.25, 0.3) is 0 Å². The molecule has 2 aliphatic rings. The number of nitrogens with one attached hydrogen (secondary N) is 1. The third-order valence-corrected chi connectivity index (χ3v) is 5.90. The zero-order chi connectivity index (χ0) is 16.1. The van der Waals surface area contributed by atoms with Gasteiger partial charge in [0.15, 0.2) is 5.78 Å². The molecule has 2 bridgehead atoms. The highest BCUT2D eigenvalue weighted by Gasteiger charge is 2.63. The first kappa shape index (κ1) is 14.8. The highest BCUT2D eigenvalue weighted by Crippen LogP contribution is 2.65. The fourth-order valence-corrected chi connectivity index (χ4v) is 4.04. The lowest BCUT2D eigenvalue weighted by atomic mass is 9.70. The fourth-order valence-electron chi connectivity index (χ4n) is 4.04. The Bertz CT molecular complexity index is 689. The Balaban J connectivity index is 1.93. The van der Waals surface area contributed by atoms with Crippen LogP contribution >= 0.6 is 0 Å². The van der Waals surface area contributed by atoms with Gasteiger partial charge in [0.2, 0.25) is 0 Å². The molecule has 0 heterocycles. The molecule has 0 spiro atoms. The molecule has 0 unspecified atom stereocenters. The minimum atomic E-state index is -1.23. The minimum absolute atomic E-state index is 0.0501. The second-order valence-electron chi connectivity index (χ2n) is 7.05. The Morgan fingerprint density at radius 2 is 2.00 bits per heavy atom. The summed E-state index contributed by atoms with van der Waals surface area (Å²) < 4.78 is 0. The number of carboxylic acid groups (broad SMARTS) is 1. The number of allylic oxidation sites excluding steroid dienone is 1. The van der Waals surface area contributed by atoms with Gasteiger partial charge >= 0.3 is 0 Å². The summed E-state index contributed by atoms with van der Waals surface area (Å²) in [6.07, 6.45) is 3.63. The van der Waals surface area contributed by atoms with Crippen molar-refractivity contribution in [3.63, 3.8) is 0 Å². The van der Waals surface area contributed by atoms with E-state index < -0.39 is 5.97 Å². The van der Waals surface area contributed by atoms with E-state index in [-0.39, 0.29) is 28.1 Å². The van der Waals surface area contributed by atoms with Gasteiger partial charge in [0, 0.05) is 28.4 Å². The number of carbonyl (C=O) groups excluding carboxylic acids is 2. The number of para-hydroxylation sites is 1. The van der Waals surface area contributed by atoms with Crippen LogP contribution in [-0.2, 0) is 4.79 Å². The molecule has 2 atom stereocenters. The lowest BCUT2D eigenvalue weighted by Crippen LogP contribution is -2.32. The molecule has 2 saturated carbocycles. The van der Waals surface area contributed by atoms with Crippen molar-refractivity contribution in [2.75, 3.05) is 5.32 Å². The second kappa shape index (κ2) is 4.70. The van der Waals surface area contributed by atoms with E-state index in [0.29, 0.717) is 5.69 Å². The number of Topliss-reactive ketones (excluding diaryl/α,β-unsaturated/α-hetero) is 1. The van der Waals surface area contributed by atoms with Crippen LogP contribution in [0.2, 0.25) is 0 Å². The van der Waals surface area contributed by atoms with Crippen LogP contribution in [0, 0.1) is 16.7 Å². The quantitative estimate of drug-likeness (QED) is 0.870. The molecule has 3 rings (SSSR count). The molecule has 4 nitrogen and oxygen atoms in total. The molecule has 22 heavy (non-hydrogen) atoms. The maximum atomic E-state index is 12.7. The van der Waals surface area contributed by atoms with Gasteiger partial charge in [-0.2, -0.15) is 0 Å². The number of carbonyl (C=O) groups is 2. The van der Waals surface area contributed by atoms with Crippen molar-refractivity contribution in [1.29, 1.82) is 0 Å². The van der Waals surface area contributed by atoms with Crippen LogP contribution in [0.5, 0.6) is 0 Å². The van der Waals surface area contributed by atoms with E-state index in [1.165, 1.54) is 6.07 Å². The van der Waals surface area contributed by atoms with Gasteiger partial charge in [-0.05, 0) is 30.2 Å². The highest BCUT2D eigenvalue weighted by molar-refractivity contribution is 6.05. The molecule has 0 radical (unpaired) electrons. The molecule has 1 N–H and O–H groups in total. The number of rotatable bonds is 3. The van der Waals surface area contributed by atoms with Crippen molar-refractivity contribution in [1.82, 2.24) is 0 Å². The molecular weight excluding hydrogens is 278 g/mol. The highest BCUT2D eigenvalue weighted by atomic mass is 16.4. The molecule has 0 amide bonds. The number of fused-ring (bicyclic) bond motifs is 2. The van der Waals surface area contributed by atoms with Gasteiger partial charge in [0.05, 0.1) is 5.97 Å². The predicted molar refractivity (Wildman–Crippen MR) is 82.1 cm³/mol. The third-order valence-electron chi connectivity index (χ3n) is 5.90. The predicted octanol–water partition coefficient (Wildman–Crippen LogP) is 2.37. The Morgan fingerprint density at radius 1 is 1.32 bits per heavy atom. The van der Waals surface area contributed by atoms with Gasteiger partial charge in [-0.3, -0.25) is 4.79 Å². The van der Waals surface area contributed by atoms with Gasteiger partial charge in [0.25, 0.3) is 0 Å². The van der Waals surface area contributed by atoms with E-state index in [4.69, 9.17) is 0 Å². The summed E-state index contributed by atoms with van der Waals surface area (Å²) in [6.45, 7) is 6.35. The van der Waals surface area contributed by atoms with Gasteiger partial charge < -0.3 is 15.2 Å². The summed E-state index contributed by atoms with van der Waals surface area (Å²) in [4.78, 5) is 23.8. The Kier molecular flexibility index (Phi) is 3.17. The Labute approximate surface area is 130 Å². The minimum Gasteiger partial charge on any atom is -0.545 e. The van der Waals surface area contributed by atoms with Crippen LogP contribution in [0.1, 0.15) is 44.0 Å². The van der Waals surface area contributed by atoms with E-state index in [9.17, 15) is 14.7 Å². The molecular formula is C18H20NO3-. The van der Waals surface area contributed by atoms with Crippen LogP contribution in [-0.4, -0.2) is 11.8 Å². The van der Waals surface area contributed by atoms with Gasteiger partial charge in [0.1, 0.15) is 0 Å². The Hall–Kier alpha value is -2.10. The number of anilines is 1. The van der Waals surface area contributed by atoms with E-state index in [0.717, 1.165) is 18.4 Å². The molecule has 0 aliphatic heterocycles. The fraction of sp³-hybridized carbons (Fsp3) is 0.444. The largest absolute Gasteiger partial charge is 0.545 e. The number of benzene rings is 1. The maximum absolute atomic E-state index is 12.7. The molecule has 1 aromatic rings. The molecule has 4 heteroatoms. The van der Waals surface area contributed by atoms with Crippen molar-refractivity contribution in [3.05, 3.63) is 41.6 Å². The topological polar surface area (TPSA) is 69.2 Å². The number of carboxylic acids is 1. The van der Waals surface area contributed by atoms with Crippen LogP contribution < -0.4 is 10.4 Å².